The van der Waals surface area contributed by atoms with Gasteiger partial charge < -0.3 is 15.0 Å². The Labute approximate surface area is 93.2 Å². The zero-order valence-corrected chi connectivity index (χ0v) is 10.1. The van der Waals surface area contributed by atoms with Crippen LogP contribution in [0.4, 0.5) is 0 Å². The Bertz CT molecular complexity index is 202. The predicted molar refractivity (Wildman–Crippen MR) is 62.1 cm³/mol. The molecule has 3 heteroatoms. The molecule has 0 aromatic carbocycles. The molecule has 0 radical (unpaired) electrons. The predicted octanol–water partition coefficient (Wildman–Crippen LogP) is 1.24. The summed E-state index contributed by atoms with van der Waals surface area (Å²) in [6.45, 7) is 3.31. The molecule has 0 saturated carbocycles. The van der Waals surface area contributed by atoms with Crippen LogP contribution < -0.4 is 5.32 Å². The lowest BCUT2D eigenvalue weighted by molar-refractivity contribution is 0.0966. The van der Waals surface area contributed by atoms with Gasteiger partial charge in [-0.25, -0.2) is 0 Å². The van der Waals surface area contributed by atoms with Crippen molar-refractivity contribution >= 4 is 0 Å². The van der Waals surface area contributed by atoms with Gasteiger partial charge in [-0.3, -0.25) is 0 Å². The number of likely N-dealkylation sites (tertiary alicyclic amines) is 1. The van der Waals surface area contributed by atoms with E-state index < -0.39 is 0 Å². The number of nitrogens with one attached hydrogen (secondary N) is 1. The first-order chi connectivity index (χ1) is 7.26. The molecule has 2 unspecified atom stereocenters. The number of hydrogen-bond donors (Lipinski definition) is 1. The fourth-order valence-corrected chi connectivity index (χ4v) is 3.19. The Morgan fingerprint density at radius 1 is 1.47 bits per heavy atom. The zero-order chi connectivity index (χ0) is 10.7. The lowest BCUT2D eigenvalue weighted by Crippen LogP contribution is -2.48. The minimum absolute atomic E-state index is 0.276. The van der Waals surface area contributed by atoms with Crippen LogP contribution in [0.2, 0.25) is 0 Å². The molecule has 2 saturated heterocycles. The summed E-state index contributed by atoms with van der Waals surface area (Å²) in [7, 11) is 4.08. The van der Waals surface area contributed by atoms with Gasteiger partial charge in [0, 0.05) is 18.7 Å². The summed E-state index contributed by atoms with van der Waals surface area (Å²) in [5.41, 5.74) is 0.276. The van der Waals surface area contributed by atoms with E-state index in [-0.39, 0.29) is 5.54 Å². The van der Waals surface area contributed by atoms with Gasteiger partial charge in [-0.15, -0.1) is 0 Å². The Balaban J connectivity index is 1.93. The van der Waals surface area contributed by atoms with Gasteiger partial charge >= 0.3 is 0 Å². The van der Waals surface area contributed by atoms with Crippen LogP contribution >= 0.6 is 0 Å². The third kappa shape index (κ3) is 2.52. The van der Waals surface area contributed by atoms with Gasteiger partial charge in [-0.05, 0) is 52.2 Å². The van der Waals surface area contributed by atoms with Crippen LogP contribution in [0.5, 0.6) is 0 Å². The van der Waals surface area contributed by atoms with Gasteiger partial charge in [-0.2, -0.15) is 0 Å². The molecule has 15 heavy (non-hydrogen) atoms. The van der Waals surface area contributed by atoms with Crippen molar-refractivity contribution in [2.75, 3.05) is 33.9 Å². The van der Waals surface area contributed by atoms with E-state index in [0.717, 1.165) is 12.6 Å². The molecular weight excluding hydrogens is 188 g/mol. The number of hydrogen-bond acceptors (Lipinski definition) is 3. The standard InChI is InChI=1S/C12H24N2O/c1-14-8-3-5-11(14)9-12(10-15-2)6-4-7-13-12/h11,13H,3-10H2,1-2H3. The summed E-state index contributed by atoms with van der Waals surface area (Å²) in [5.74, 6) is 0. The molecule has 0 aliphatic carbocycles. The molecule has 1 N–H and O–H groups in total. The monoisotopic (exact) mass is 212 g/mol. The van der Waals surface area contributed by atoms with Crippen LogP contribution in [0.1, 0.15) is 32.1 Å². The average Bonchev–Trinajstić information content (AvgIpc) is 2.79. The summed E-state index contributed by atoms with van der Waals surface area (Å²) in [4.78, 5) is 2.51. The molecule has 0 bridgehead atoms. The first kappa shape index (κ1) is 11.4. The van der Waals surface area contributed by atoms with Crippen molar-refractivity contribution in [2.24, 2.45) is 0 Å². The molecule has 0 aromatic heterocycles. The summed E-state index contributed by atoms with van der Waals surface area (Å²) in [5, 5.41) is 3.67. The van der Waals surface area contributed by atoms with E-state index in [0.29, 0.717) is 0 Å². The average molecular weight is 212 g/mol. The van der Waals surface area contributed by atoms with Crippen molar-refractivity contribution in [3.8, 4) is 0 Å². The highest BCUT2D eigenvalue weighted by atomic mass is 16.5. The SMILES string of the molecule is COCC1(CC2CCCN2C)CCCN1. The second-order valence-electron chi connectivity index (χ2n) is 5.22. The normalized spacial score (nSPS) is 37.6. The van der Waals surface area contributed by atoms with E-state index in [4.69, 9.17) is 4.74 Å². The van der Waals surface area contributed by atoms with Crippen LogP contribution in [-0.4, -0.2) is 50.3 Å². The van der Waals surface area contributed by atoms with E-state index in [1.54, 1.807) is 0 Å². The molecule has 3 nitrogen and oxygen atoms in total. The highest BCUT2D eigenvalue weighted by molar-refractivity contribution is 4.97. The maximum absolute atomic E-state index is 5.39. The van der Waals surface area contributed by atoms with Gasteiger partial charge in [-0.1, -0.05) is 0 Å². The first-order valence-electron chi connectivity index (χ1n) is 6.20. The molecule has 88 valence electrons. The van der Waals surface area contributed by atoms with Crippen LogP contribution in [0.3, 0.4) is 0 Å². The van der Waals surface area contributed by atoms with Crippen molar-refractivity contribution in [1.29, 1.82) is 0 Å². The highest BCUT2D eigenvalue weighted by Crippen LogP contribution is 2.30. The fourth-order valence-electron chi connectivity index (χ4n) is 3.19. The third-order valence-electron chi connectivity index (χ3n) is 4.05. The molecule has 2 aliphatic rings. The van der Waals surface area contributed by atoms with Crippen LogP contribution in [0.25, 0.3) is 0 Å². The molecule has 0 amide bonds. The Kier molecular flexibility index (Phi) is 3.65. The fraction of sp³-hybridized carbons (Fsp3) is 1.00. The molecule has 2 atom stereocenters. The van der Waals surface area contributed by atoms with Gasteiger partial charge in [0.05, 0.1) is 6.61 Å². The minimum Gasteiger partial charge on any atom is -0.383 e. The van der Waals surface area contributed by atoms with Gasteiger partial charge in [0.2, 0.25) is 0 Å². The molecule has 0 aromatic rings. The van der Waals surface area contributed by atoms with Crippen molar-refractivity contribution in [3.05, 3.63) is 0 Å². The van der Waals surface area contributed by atoms with Crippen molar-refractivity contribution in [1.82, 2.24) is 10.2 Å². The maximum atomic E-state index is 5.39. The van der Waals surface area contributed by atoms with Crippen LogP contribution in [-0.2, 0) is 4.74 Å². The summed E-state index contributed by atoms with van der Waals surface area (Å²) < 4.78 is 5.39. The molecule has 2 heterocycles. The van der Waals surface area contributed by atoms with Crippen molar-refractivity contribution in [2.45, 2.75) is 43.7 Å². The Hall–Kier alpha value is -0.120. The lowest BCUT2D eigenvalue weighted by atomic mass is 9.89. The number of methoxy groups -OCH3 is 1. The molecular formula is C12H24N2O. The molecule has 2 fully saturated rings. The molecule has 2 aliphatic heterocycles. The second kappa shape index (κ2) is 4.81. The number of rotatable bonds is 4. The summed E-state index contributed by atoms with van der Waals surface area (Å²) in [6, 6.07) is 0.769. The third-order valence-corrected chi connectivity index (χ3v) is 4.05. The van der Waals surface area contributed by atoms with E-state index in [1.807, 2.05) is 7.11 Å². The Morgan fingerprint density at radius 2 is 2.33 bits per heavy atom. The Morgan fingerprint density at radius 3 is 2.87 bits per heavy atom. The van der Waals surface area contributed by atoms with E-state index in [1.165, 1.54) is 45.2 Å². The smallest absolute Gasteiger partial charge is 0.0645 e. The molecule has 0 spiro atoms. The second-order valence-corrected chi connectivity index (χ2v) is 5.22. The van der Waals surface area contributed by atoms with Gasteiger partial charge in [0.1, 0.15) is 0 Å². The van der Waals surface area contributed by atoms with Gasteiger partial charge in [0.25, 0.3) is 0 Å². The van der Waals surface area contributed by atoms with E-state index >= 15 is 0 Å². The van der Waals surface area contributed by atoms with Crippen LogP contribution in [0, 0.1) is 0 Å². The number of ether oxygens (including phenoxy) is 1. The van der Waals surface area contributed by atoms with Gasteiger partial charge in [0.15, 0.2) is 0 Å². The van der Waals surface area contributed by atoms with E-state index in [2.05, 4.69) is 17.3 Å². The highest BCUT2D eigenvalue weighted by Gasteiger charge is 2.37. The maximum Gasteiger partial charge on any atom is 0.0645 e. The van der Waals surface area contributed by atoms with Crippen molar-refractivity contribution < 1.29 is 4.74 Å². The molecule has 2 rings (SSSR count). The first-order valence-corrected chi connectivity index (χ1v) is 6.20. The lowest BCUT2D eigenvalue weighted by Gasteiger charge is -2.34. The van der Waals surface area contributed by atoms with E-state index in [9.17, 15) is 0 Å². The number of nitrogens with zero attached hydrogens (tertiary/aromatic N) is 1. The quantitative estimate of drug-likeness (QED) is 0.759. The van der Waals surface area contributed by atoms with Crippen LogP contribution in [0.15, 0.2) is 0 Å². The largest absolute Gasteiger partial charge is 0.383 e. The zero-order valence-electron chi connectivity index (χ0n) is 10.1. The summed E-state index contributed by atoms with van der Waals surface area (Å²) >= 11 is 0. The van der Waals surface area contributed by atoms with Crippen molar-refractivity contribution in [3.63, 3.8) is 0 Å². The summed E-state index contributed by atoms with van der Waals surface area (Å²) in [6.07, 6.45) is 6.58. The topological polar surface area (TPSA) is 24.5 Å². The minimum atomic E-state index is 0.276.